The Morgan fingerprint density at radius 3 is 2.32 bits per heavy atom. The fraction of sp³-hybridized carbons (Fsp3) is 0.200. The largest absolute Gasteiger partial charge is 0.494 e. The lowest BCUT2D eigenvalue weighted by molar-refractivity contribution is -0.115. The maximum atomic E-state index is 12.5. The Labute approximate surface area is 181 Å². The highest BCUT2D eigenvalue weighted by Gasteiger charge is 2.20. The van der Waals surface area contributed by atoms with Gasteiger partial charge in [-0.3, -0.25) is 9.59 Å². The first kappa shape index (κ1) is 20.5. The molecular formula is C25H25N3O3. The van der Waals surface area contributed by atoms with Gasteiger partial charge in [-0.05, 0) is 73.5 Å². The van der Waals surface area contributed by atoms with Crippen LogP contribution >= 0.6 is 0 Å². The summed E-state index contributed by atoms with van der Waals surface area (Å²) in [5, 5.41) is 5.76. The van der Waals surface area contributed by atoms with Crippen LogP contribution in [0.15, 0.2) is 72.8 Å². The van der Waals surface area contributed by atoms with Crippen LogP contribution in [-0.4, -0.2) is 31.5 Å². The molecule has 2 amide bonds. The Morgan fingerprint density at radius 2 is 1.58 bits per heavy atom. The molecule has 1 aliphatic rings. The van der Waals surface area contributed by atoms with Crippen molar-refractivity contribution in [1.82, 2.24) is 0 Å². The van der Waals surface area contributed by atoms with Gasteiger partial charge in [-0.15, -0.1) is 0 Å². The van der Waals surface area contributed by atoms with Gasteiger partial charge in [0.1, 0.15) is 5.75 Å². The quantitative estimate of drug-likeness (QED) is 0.602. The number of nitrogens with one attached hydrogen (secondary N) is 2. The fourth-order valence-corrected chi connectivity index (χ4v) is 3.65. The second-order valence-corrected chi connectivity index (χ2v) is 7.34. The Hall–Kier alpha value is -3.80. The molecule has 4 rings (SSSR count). The van der Waals surface area contributed by atoms with Gasteiger partial charge in [0, 0.05) is 29.2 Å². The van der Waals surface area contributed by atoms with Crippen LogP contribution in [0.3, 0.4) is 0 Å². The smallest absolute Gasteiger partial charge is 0.255 e. The lowest BCUT2D eigenvalue weighted by Gasteiger charge is -2.18. The number of carbonyl (C=O) groups excluding carboxylic acids is 2. The monoisotopic (exact) mass is 415 g/mol. The van der Waals surface area contributed by atoms with Gasteiger partial charge in [0.2, 0.25) is 5.91 Å². The highest BCUT2D eigenvalue weighted by Crippen LogP contribution is 2.27. The van der Waals surface area contributed by atoms with E-state index in [1.807, 2.05) is 37.3 Å². The number of rotatable bonds is 7. The second-order valence-electron chi connectivity index (χ2n) is 7.34. The molecule has 0 aromatic heterocycles. The van der Waals surface area contributed by atoms with E-state index >= 15 is 0 Å². The van der Waals surface area contributed by atoms with Gasteiger partial charge < -0.3 is 20.3 Å². The molecule has 0 atom stereocenters. The molecule has 0 fully saturated rings. The van der Waals surface area contributed by atoms with E-state index in [0.29, 0.717) is 30.1 Å². The predicted molar refractivity (Wildman–Crippen MR) is 123 cm³/mol. The summed E-state index contributed by atoms with van der Waals surface area (Å²) >= 11 is 0. The summed E-state index contributed by atoms with van der Waals surface area (Å²) in [6, 6.07) is 22.3. The third-order valence-electron chi connectivity index (χ3n) is 5.17. The minimum absolute atomic E-state index is 0.0803. The minimum atomic E-state index is -0.212. The van der Waals surface area contributed by atoms with E-state index in [1.165, 1.54) is 5.56 Å². The van der Waals surface area contributed by atoms with Crippen LogP contribution in [0, 0.1) is 0 Å². The van der Waals surface area contributed by atoms with Crippen molar-refractivity contribution in [3.8, 4) is 5.75 Å². The fourth-order valence-electron chi connectivity index (χ4n) is 3.65. The van der Waals surface area contributed by atoms with Crippen LogP contribution in [0.25, 0.3) is 0 Å². The standard InChI is InChI=1S/C25H25N3O3/c1-2-31-22-13-11-21(12-14-22)27-25(30)19-7-9-20(10-8-19)26-24(29)17-28-16-15-18-5-3-4-6-23(18)28/h3-14H,2,15-17H2,1H3,(H,26,29)(H,27,30). The molecule has 0 spiro atoms. The average molecular weight is 415 g/mol. The maximum Gasteiger partial charge on any atom is 0.255 e. The van der Waals surface area contributed by atoms with Gasteiger partial charge in [-0.25, -0.2) is 0 Å². The summed E-state index contributed by atoms with van der Waals surface area (Å²) in [4.78, 5) is 27.0. The summed E-state index contributed by atoms with van der Waals surface area (Å²) in [5.74, 6) is 0.469. The van der Waals surface area contributed by atoms with Crippen LogP contribution in [0.2, 0.25) is 0 Å². The van der Waals surface area contributed by atoms with Crippen LogP contribution in [0.5, 0.6) is 5.75 Å². The molecule has 3 aromatic rings. The van der Waals surface area contributed by atoms with Crippen molar-refractivity contribution < 1.29 is 14.3 Å². The van der Waals surface area contributed by atoms with Gasteiger partial charge in [0.05, 0.1) is 13.2 Å². The van der Waals surface area contributed by atoms with Gasteiger partial charge >= 0.3 is 0 Å². The van der Waals surface area contributed by atoms with E-state index in [0.717, 1.165) is 24.4 Å². The number of fused-ring (bicyclic) bond motifs is 1. The zero-order valence-electron chi connectivity index (χ0n) is 17.4. The summed E-state index contributed by atoms with van der Waals surface area (Å²) < 4.78 is 5.40. The molecule has 158 valence electrons. The lowest BCUT2D eigenvalue weighted by atomic mass is 10.2. The predicted octanol–water partition coefficient (Wildman–Crippen LogP) is 4.34. The molecule has 31 heavy (non-hydrogen) atoms. The van der Waals surface area contributed by atoms with Gasteiger partial charge in [0.15, 0.2) is 0 Å². The summed E-state index contributed by atoms with van der Waals surface area (Å²) in [6.07, 6.45) is 0.960. The molecule has 0 radical (unpaired) electrons. The van der Waals surface area contributed by atoms with E-state index in [1.54, 1.807) is 36.4 Å². The first-order chi connectivity index (χ1) is 15.1. The van der Waals surface area contributed by atoms with Crippen molar-refractivity contribution in [2.45, 2.75) is 13.3 Å². The molecule has 6 heteroatoms. The molecule has 1 heterocycles. The maximum absolute atomic E-state index is 12.5. The number of anilines is 3. The number of benzene rings is 3. The van der Waals surface area contributed by atoms with Gasteiger partial charge in [-0.2, -0.15) is 0 Å². The molecule has 1 aliphatic heterocycles. The van der Waals surface area contributed by atoms with Crippen LogP contribution in [-0.2, 0) is 11.2 Å². The first-order valence-electron chi connectivity index (χ1n) is 10.4. The van der Waals surface area contributed by atoms with E-state index in [4.69, 9.17) is 4.74 Å². The number of hydrogen-bond donors (Lipinski definition) is 2. The number of nitrogens with zero attached hydrogens (tertiary/aromatic N) is 1. The Kier molecular flexibility index (Phi) is 6.17. The highest BCUT2D eigenvalue weighted by atomic mass is 16.5. The van der Waals surface area contributed by atoms with Crippen molar-refractivity contribution in [2.24, 2.45) is 0 Å². The van der Waals surface area contributed by atoms with Crippen molar-refractivity contribution >= 4 is 28.9 Å². The summed E-state index contributed by atoms with van der Waals surface area (Å²) in [6.45, 7) is 3.67. The van der Waals surface area contributed by atoms with E-state index in [9.17, 15) is 9.59 Å². The Balaban J connectivity index is 1.31. The molecule has 0 saturated heterocycles. The third kappa shape index (κ3) is 5.04. The normalized spacial score (nSPS) is 12.2. The lowest BCUT2D eigenvalue weighted by Crippen LogP contribution is -2.31. The number of hydrogen-bond acceptors (Lipinski definition) is 4. The SMILES string of the molecule is CCOc1ccc(NC(=O)c2ccc(NC(=O)CN3CCc4ccccc43)cc2)cc1. The highest BCUT2D eigenvalue weighted by molar-refractivity contribution is 6.04. The van der Waals surface area contributed by atoms with Crippen molar-refractivity contribution in [2.75, 3.05) is 35.2 Å². The first-order valence-corrected chi connectivity index (χ1v) is 10.4. The van der Waals surface area contributed by atoms with E-state index in [-0.39, 0.29) is 11.8 Å². The number of carbonyl (C=O) groups is 2. The summed E-state index contributed by atoms with van der Waals surface area (Å²) in [5.41, 5.74) is 4.27. The zero-order chi connectivity index (χ0) is 21.6. The molecule has 0 saturated carbocycles. The topological polar surface area (TPSA) is 70.7 Å². The minimum Gasteiger partial charge on any atom is -0.494 e. The number of amides is 2. The molecular weight excluding hydrogens is 390 g/mol. The molecule has 0 unspecified atom stereocenters. The van der Waals surface area contributed by atoms with Crippen molar-refractivity contribution in [1.29, 1.82) is 0 Å². The molecule has 2 N–H and O–H groups in total. The number of para-hydroxylation sites is 1. The molecule has 0 bridgehead atoms. The van der Waals surface area contributed by atoms with Crippen LogP contribution in [0.1, 0.15) is 22.8 Å². The van der Waals surface area contributed by atoms with E-state index < -0.39 is 0 Å². The van der Waals surface area contributed by atoms with Crippen LogP contribution in [0.4, 0.5) is 17.1 Å². The molecule has 3 aromatic carbocycles. The third-order valence-corrected chi connectivity index (χ3v) is 5.17. The van der Waals surface area contributed by atoms with Gasteiger partial charge in [-0.1, -0.05) is 18.2 Å². The second kappa shape index (κ2) is 9.34. The Morgan fingerprint density at radius 1 is 0.903 bits per heavy atom. The van der Waals surface area contributed by atoms with Crippen molar-refractivity contribution in [3.05, 3.63) is 83.9 Å². The van der Waals surface area contributed by atoms with Crippen molar-refractivity contribution in [3.63, 3.8) is 0 Å². The van der Waals surface area contributed by atoms with E-state index in [2.05, 4.69) is 21.6 Å². The number of ether oxygens (including phenoxy) is 1. The Bertz CT molecular complexity index is 1060. The zero-order valence-corrected chi connectivity index (χ0v) is 17.4. The average Bonchev–Trinajstić information content (AvgIpc) is 3.18. The molecule has 0 aliphatic carbocycles. The van der Waals surface area contributed by atoms with Crippen LogP contribution < -0.4 is 20.3 Å². The summed E-state index contributed by atoms with van der Waals surface area (Å²) in [7, 11) is 0. The molecule has 6 nitrogen and oxygen atoms in total. The van der Waals surface area contributed by atoms with Gasteiger partial charge in [0.25, 0.3) is 5.91 Å².